The summed E-state index contributed by atoms with van der Waals surface area (Å²) in [7, 11) is 0. The van der Waals surface area contributed by atoms with Crippen molar-refractivity contribution in [2.75, 3.05) is 0 Å². The molecule has 2 aromatic heterocycles. The summed E-state index contributed by atoms with van der Waals surface area (Å²) in [5.41, 5.74) is 2.08. The Morgan fingerprint density at radius 2 is 1.77 bits per heavy atom. The van der Waals surface area contributed by atoms with Crippen LogP contribution in [0.3, 0.4) is 0 Å². The highest BCUT2D eigenvalue weighted by molar-refractivity contribution is 5.92. The Morgan fingerprint density at radius 3 is 2.45 bits per heavy atom. The smallest absolute Gasteiger partial charge is 0.335 e. The summed E-state index contributed by atoms with van der Waals surface area (Å²) < 4.78 is 52.2. The maximum atomic E-state index is 15.5. The Hall–Kier alpha value is -5.17. The number of nitriles is 1. The van der Waals surface area contributed by atoms with Crippen LogP contribution in [-0.2, 0) is 19.6 Å². The topological polar surface area (TPSA) is 101 Å². The minimum atomic E-state index is -1.23. The van der Waals surface area contributed by atoms with Crippen LogP contribution in [0.5, 0.6) is 5.88 Å². The van der Waals surface area contributed by atoms with E-state index in [2.05, 4.69) is 16.9 Å². The van der Waals surface area contributed by atoms with Crippen molar-refractivity contribution in [2.24, 2.45) is 5.41 Å². The van der Waals surface area contributed by atoms with E-state index in [1.54, 1.807) is 30.3 Å². The predicted molar refractivity (Wildman–Crippen MR) is 156 cm³/mol. The lowest BCUT2D eigenvalue weighted by Gasteiger charge is -2.17. The number of benzene rings is 3. The van der Waals surface area contributed by atoms with E-state index in [9.17, 15) is 18.7 Å². The van der Waals surface area contributed by atoms with Crippen LogP contribution in [0, 0.1) is 34.2 Å². The van der Waals surface area contributed by atoms with Gasteiger partial charge in [0.15, 0.2) is 5.82 Å². The fraction of sp³-hybridized carbons (Fsp3) is 0.235. The summed E-state index contributed by atoms with van der Waals surface area (Å²) in [6.45, 7) is 2.53. The predicted octanol–water partition coefficient (Wildman–Crippen LogP) is 7.45. The molecule has 0 unspecified atom stereocenters. The molecule has 1 aliphatic rings. The molecule has 44 heavy (non-hydrogen) atoms. The highest BCUT2D eigenvalue weighted by Gasteiger charge is 2.41. The van der Waals surface area contributed by atoms with Gasteiger partial charge in [-0.25, -0.2) is 27.9 Å². The average molecular weight is 597 g/mol. The summed E-state index contributed by atoms with van der Waals surface area (Å²) in [6, 6.07) is 18.1. The second-order valence-corrected chi connectivity index (χ2v) is 11.1. The Morgan fingerprint density at radius 1 is 1.00 bits per heavy atom. The first-order chi connectivity index (χ1) is 21.2. The van der Waals surface area contributed by atoms with Crippen LogP contribution in [0.15, 0.2) is 66.7 Å². The molecule has 7 nitrogen and oxygen atoms in total. The molecule has 1 fully saturated rings. The van der Waals surface area contributed by atoms with Crippen molar-refractivity contribution < 1.29 is 27.8 Å². The van der Waals surface area contributed by atoms with Crippen LogP contribution in [0.2, 0.25) is 0 Å². The Bertz CT molecular complexity index is 1960. The van der Waals surface area contributed by atoms with Gasteiger partial charge in [0.1, 0.15) is 29.6 Å². The van der Waals surface area contributed by atoms with Crippen LogP contribution in [0.25, 0.3) is 22.3 Å². The van der Waals surface area contributed by atoms with E-state index in [0.29, 0.717) is 34.7 Å². The molecule has 2 heterocycles. The Balaban J connectivity index is 1.26. The van der Waals surface area contributed by atoms with Crippen molar-refractivity contribution in [1.29, 1.82) is 5.26 Å². The SMILES string of the molecule is CCC1(Cn2c(Cc3ccc(-c4cccc(OCc5ccc(C#N)cc5F)n4)cc3F)nc3c(F)cc(C(=O)O)cc32)CC1. The van der Waals surface area contributed by atoms with Crippen LogP contribution in [0.4, 0.5) is 13.2 Å². The van der Waals surface area contributed by atoms with E-state index in [1.165, 1.54) is 24.3 Å². The molecule has 1 aliphatic carbocycles. The second-order valence-electron chi connectivity index (χ2n) is 11.1. The molecule has 5 aromatic rings. The van der Waals surface area contributed by atoms with Crippen LogP contribution in [-0.4, -0.2) is 25.6 Å². The summed E-state index contributed by atoms with van der Waals surface area (Å²) >= 11 is 0. The van der Waals surface area contributed by atoms with E-state index in [1.807, 2.05) is 10.6 Å². The maximum Gasteiger partial charge on any atom is 0.335 e. The second kappa shape index (κ2) is 11.5. The molecule has 0 amide bonds. The van der Waals surface area contributed by atoms with Gasteiger partial charge >= 0.3 is 5.97 Å². The van der Waals surface area contributed by atoms with Gasteiger partial charge in [-0.15, -0.1) is 0 Å². The molecule has 0 bridgehead atoms. The zero-order valence-electron chi connectivity index (χ0n) is 23.8. The van der Waals surface area contributed by atoms with Crippen molar-refractivity contribution >= 4 is 17.0 Å². The number of hydrogen-bond donors (Lipinski definition) is 1. The standard InChI is InChI=1S/C34H27F3N4O3/c1-2-34(10-11-34)19-41-29-15-24(33(42)43)14-27(37)32(29)40-30(41)16-21-8-9-22(13-26(21)36)28-4-3-5-31(39-28)44-18-23-7-6-20(17-38)12-25(23)35/h3-9,12-15H,2,10-11,16,18-19H2,1H3,(H,42,43). The number of halogens is 3. The highest BCUT2D eigenvalue weighted by Crippen LogP contribution is 2.50. The van der Waals surface area contributed by atoms with Crippen molar-refractivity contribution in [3.8, 4) is 23.2 Å². The molecule has 0 aliphatic heterocycles. The number of aromatic carboxylic acids is 1. The zero-order chi connectivity index (χ0) is 31.0. The van der Waals surface area contributed by atoms with Gasteiger partial charge in [0.05, 0.1) is 28.4 Å². The number of ether oxygens (including phenoxy) is 1. The summed E-state index contributed by atoms with van der Waals surface area (Å²) in [5.74, 6) is -2.35. The Kier molecular flexibility index (Phi) is 7.55. The molecular formula is C34H27F3N4O3. The third-order valence-corrected chi connectivity index (χ3v) is 8.31. The first kappa shape index (κ1) is 28.9. The van der Waals surface area contributed by atoms with Gasteiger partial charge in [0.2, 0.25) is 5.88 Å². The maximum absolute atomic E-state index is 15.5. The fourth-order valence-electron chi connectivity index (χ4n) is 5.36. The summed E-state index contributed by atoms with van der Waals surface area (Å²) in [4.78, 5) is 20.6. The third kappa shape index (κ3) is 5.73. The van der Waals surface area contributed by atoms with Gasteiger partial charge in [-0.1, -0.05) is 31.2 Å². The quantitative estimate of drug-likeness (QED) is 0.180. The van der Waals surface area contributed by atoms with E-state index >= 15 is 4.39 Å². The number of pyridine rings is 1. The Labute approximate surface area is 251 Å². The lowest BCUT2D eigenvalue weighted by Crippen LogP contribution is -2.14. The van der Waals surface area contributed by atoms with Gasteiger partial charge in [-0.2, -0.15) is 5.26 Å². The lowest BCUT2D eigenvalue weighted by molar-refractivity contribution is 0.0696. The van der Waals surface area contributed by atoms with Crippen molar-refractivity contribution in [2.45, 2.75) is 45.8 Å². The van der Waals surface area contributed by atoms with Crippen LogP contribution >= 0.6 is 0 Å². The number of aromatic nitrogens is 3. The monoisotopic (exact) mass is 596 g/mol. The third-order valence-electron chi connectivity index (χ3n) is 8.31. The lowest BCUT2D eigenvalue weighted by atomic mass is 10.0. The number of carboxylic acids is 1. The van der Waals surface area contributed by atoms with Gasteiger partial charge in [-0.05, 0) is 66.6 Å². The van der Waals surface area contributed by atoms with Crippen molar-refractivity contribution in [3.05, 3.63) is 112 Å². The number of imidazole rings is 1. The van der Waals surface area contributed by atoms with Crippen molar-refractivity contribution in [1.82, 2.24) is 14.5 Å². The summed E-state index contributed by atoms with van der Waals surface area (Å²) in [6.07, 6.45) is 3.00. The normalized spacial score (nSPS) is 13.5. The molecule has 10 heteroatoms. The van der Waals surface area contributed by atoms with E-state index in [-0.39, 0.29) is 46.5 Å². The highest BCUT2D eigenvalue weighted by atomic mass is 19.1. The molecule has 1 N–H and O–H groups in total. The molecule has 0 saturated heterocycles. The molecule has 6 rings (SSSR count). The molecule has 0 radical (unpaired) electrons. The molecule has 0 spiro atoms. The summed E-state index contributed by atoms with van der Waals surface area (Å²) in [5, 5.41) is 18.4. The van der Waals surface area contributed by atoms with Gasteiger partial charge < -0.3 is 14.4 Å². The molecule has 222 valence electrons. The minimum Gasteiger partial charge on any atom is -0.478 e. The van der Waals surface area contributed by atoms with E-state index in [0.717, 1.165) is 31.4 Å². The number of carboxylic acid groups (broad SMARTS) is 1. The molecule has 1 saturated carbocycles. The number of rotatable bonds is 10. The van der Waals surface area contributed by atoms with Crippen LogP contribution in [0.1, 0.15) is 59.1 Å². The van der Waals surface area contributed by atoms with Gasteiger partial charge in [0, 0.05) is 30.2 Å². The van der Waals surface area contributed by atoms with Crippen molar-refractivity contribution in [3.63, 3.8) is 0 Å². The number of carbonyl (C=O) groups is 1. The fourth-order valence-corrected chi connectivity index (χ4v) is 5.36. The number of hydrogen-bond acceptors (Lipinski definition) is 5. The van der Waals surface area contributed by atoms with E-state index in [4.69, 9.17) is 10.00 Å². The largest absolute Gasteiger partial charge is 0.478 e. The molecule has 3 aromatic carbocycles. The first-order valence-corrected chi connectivity index (χ1v) is 14.2. The van der Waals surface area contributed by atoms with Crippen LogP contribution < -0.4 is 4.74 Å². The average Bonchev–Trinajstić information content (AvgIpc) is 3.72. The zero-order valence-corrected chi connectivity index (χ0v) is 23.8. The molecular weight excluding hydrogens is 569 g/mol. The van der Waals surface area contributed by atoms with Gasteiger partial charge in [0.25, 0.3) is 0 Å². The number of fused-ring (bicyclic) bond motifs is 1. The van der Waals surface area contributed by atoms with Gasteiger partial charge in [-0.3, -0.25) is 0 Å². The molecule has 0 atom stereocenters. The first-order valence-electron chi connectivity index (χ1n) is 14.2. The minimum absolute atomic E-state index is 0.0328. The van der Waals surface area contributed by atoms with E-state index < -0.39 is 23.4 Å². The number of nitrogens with zero attached hydrogens (tertiary/aromatic N) is 4.